The summed E-state index contributed by atoms with van der Waals surface area (Å²) < 4.78 is 2.07. The van der Waals surface area contributed by atoms with Crippen LogP contribution in [0, 0.1) is 0 Å². The molecule has 1 aromatic rings. The third kappa shape index (κ3) is 0.593. The number of hydrogen-bond donors (Lipinski definition) is 0. The van der Waals surface area contributed by atoms with E-state index in [1.807, 2.05) is 12.3 Å². The van der Waals surface area contributed by atoms with Crippen molar-refractivity contribution >= 4 is 5.78 Å². The Balaban J connectivity index is 2.45. The summed E-state index contributed by atoms with van der Waals surface area (Å²) in [6.45, 7) is 2.63. The second-order valence-corrected chi connectivity index (χ2v) is 2.40. The first-order valence-electron chi connectivity index (χ1n) is 2.97. The Morgan fingerprint density at radius 1 is 1.78 bits per heavy atom. The zero-order chi connectivity index (χ0) is 6.43. The lowest BCUT2D eigenvalue weighted by atomic mass is 10.2. The van der Waals surface area contributed by atoms with Gasteiger partial charge >= 0.3 is 0 Å². The Labute approximate surface area is 53.1 Å². The quantitative estimate of drug-likeness (QED) is 0.517. The van der Waals surface area contributed by atoms with Crippen molar-refractivity contribution in [1.29, 1.82) is 0 Å². The lowest BCUT2D eigenvalue weighted by molar-refractivity contribution is 0.101. The zero-order valence-electron chi connectivity index (χ0n) is 5.22. The number of fused-ring (bicyclic) bond motifs is 1. The SMILES string of the molecule is CC(=O)c1cc2n(c1)C2. The van der Waals surface area contributed by atoms with Gasteiger partial charge in [0.05, 0.1) is 6.54 Å². The highest BCUT2D eigenvalue weighted by atomic mass is 16.1. The van der Waals surface area contributed by atoms with E-state index < -0.39 is 0 Å². The first kappa shape index (κ1) is 4.79. The topological polar surface area (TPSA) is 22.0 Å². The number of hydrogen-bond acceptors (Lipinski definition) is 1. The molecule has 0 saturated heterocycles. The van der Waals surface area contributed by atoms with Crippen LogP contribution in [0.2, 0.25) is 0 Å². The van der Waals surface area contributed by atoms with Gasteiger partial charge in [-0.2, -0.15) is 0 Å². The van der Waals surface area contributed by atoms with Crippen LogP contribution in [0.25, 0.3) is 0 Å². The summed E-state index contributed by atoms with van der Waals surface area (Å²) in [6.07, 6.45) is 1.90. The molecule has 0 atom stereocenters. The van der Waals surface area contributed by atoms with Crippen LogP contribution in [0.1, 0.15) is 23.0 Å². The van der Waals surface area contributed by atoms with Gasteiger partial charge in [0.25, 0.3) is 0 Å². The maximum absolute atomic E-state index is 10.7. The largest absolute Gasteiger partial charge is 0.343 e. The van der Waals surface area contributed by atoms with Crippen LogP contribution in [0.15, 0.2) is 12.3 Å². The summed E-state index contributed by atoms with van der Waals surface area (Å²) in [5.74, 6) is 0.162. The molecule has 0 amide bonds. The molecule has 0 radical (unpaired) electrons. The van der Waals surface area contributed by atoms with Crippen LogP contribution in [0.3, 0.4) is 0 Å². The van der Waals surface area contributed by atoms with Gasteiger partial charge in [0.15, 0.2) is 5.78 Å². The monoisotopic (exact) mass is 121 g/mol. The maximum atomic E-state index is 10.7. The lowest BCUT2D eigenvalue weighted by Gasteiger charge is -1.84. The van der Waals surface area contributed by atoms with Gasteiger partial charge in [-0.15, -0.1) is 0 Å². The van der Waals surface area contributed by atoms with Gasteiger partial charge in [-0.25, -0.2) is 0 Å². The molecule has 2 heterocycles. The molecule has 0 spiro atoms. The molecular formula is C7H7NO. The van der Waals surface area contributed by atoms with Crippen LogP contribution in [-0.4, -0.2) is 10.4 Å². The Morgan fingerprint density at radius 2 is 2.56 bits per heavy atom. The summed E-state index contributed by atoms with van der Waals surface area (Å²) >= 11 is 0. The molecule has 0 bridgehead atoms. The van der Waals surface area contributed by atoms with Crippen molar-refractivity contribution in [1.82, 2.24) is 4.57 Å². The van der Waals surface area contributed by atoms with E-state index in [0.717, 1.165) is 12.1 Å². The normalized spacial score (nSPS) is 13.0. The van der Waals surface area contributed by atoms with Crippen molar-refractivity contribution in [2.45, 2.75) is 13.5 Å². The third-order valence-corrected chi connectivity index (χ3v) is 1.62. The number of nitrogens with zero attached hydrogens (tertiary/aromatic N) is 1. The number of carbonyl (C=O) groups is 1. The first-order chi connectivity index (χ1) is 4.27. The minimum absolute atomic E-state index is 0.162. The van der Waals surface area contributed by atoms with Crippen molar-refractivity contribution in [2.75, 3.05) is 0 Å². The minimum Gasteiger partial charge on any atom is -0.343 e. The van der Waals surface area contributed by atoms with Gasteiger partial charge in [0.2, 0.25) is 0 Å². The predicted molar refractivity (Wildman–Crippen MR) is 33.5 cm³/mol. The van der Waals surface area contributed by atoms with E-state index in [2.05, 4.69) is 4.57 Å². The molecule has 0 unspecified atom stereocenters. The second kappa shape index (κ2) is 1.26. The maximum Gasteiger partial charge on any atom is 0.161 e. The predicted octanol–water partition coefficient (Wildman–Crippen LogP) is 1.05. The van der Waals surface area contributed by atoms with Crippen LogP contribution in [-0.2, 0) is 6.54 Å². The smallest absolute Gasteiger partial charge is 0.161 e. The summed E-state index contributed by atoms with van der Waals surface area (Å²) in [7, 11) is 0. The Hall–Kier alpha value is -1.05. The lowest BCUT2D eigenvalue weighted by Crippen LogP contribution is -1.88. The average molecular weight is 121 g/mol. The molecule has 0 aromatic carbocycles. The first-order valence-corrected chi connectivity index (χ1v) is 2.97. The van der Waals surface area contributed by atoms with Crippen LogP contribution in [0.4, 0.5) is 0 Å². The number of aromatic nitrogens is 1. The van der Waals surface area contributed by atoms with E-state index in [9.17, 15) is 4.79 Å². The average Bonchev–Trinajstić information content (AvgIpc) is 2.40. The van der Waals surface area contributed by atoms with E-state index >= 15 is 0 Å². The Morgan fingerprint density at radius 3 is 2.89 bits per heavy atom. The van der Waals surface area contributed by atoms with E-state index in [4.69, 9.17) is 0 Å². The summed E-state index contributed by atoms with van der Waals surface area (Å²) in [5, 5.41) is 0. The van der Waals surface area contributed by atoms with Gasteiger partial charge in [-0.1, -0.05) is 0 Å². The van der Waals surface area contributed by atoms with E-state index in [1.54, 1.807) is 6.92 Å². The zero-order valence-corrected chi connectivity index (χ0v) is 5.22. The molecule has 0 aliphatic carbocycles. The number of ketones is 1. The van der Waals surface area contributed by atoms with Crippen LogP contribution >= 0.6 is 0 Å². The molecule has 1 aliphatic heterocycles. The van der Waals surface area contributed by atoms with Crippen molar-refractivity contribution in [3.8, 4) is 0 Å². The molecule has 2 rings (SSSR count). The van der Waals surface area contributed by atoms with Gasteiger partial charge < -0.3 is 4.57 Å². The van der Waals surface area contributed by atoms with Crippen LogP contribution < -0.4 is 0 Å². The Kier molecular flexibility index (Phi) is 0.673. The Bertz CT molecular complexity index is 253. The molecule has 1 aliphatic rings. The highest BCUT2D eigenvalue weighted by Crippen LogP contribution is 2.21. The number of rotatable bonds is 1. The molecular weight excluding hydrogens is 114 g/mol. The molecule has 0 saturated carbocycles. The van der Waals surface area contributed by atoms with Gasteiger partial charge in [0.1, 0.15) is 0 Å². The van der Waals surface area contributed by atoms with Gasteiger partial charge in [-0.3, -0.25) is 4.79 Å². The van der Waals surface area contributed by atoms with Crippen molar-refractivity contribution in [3.05, 3.63) is 23.5 Å². The fraction of sp³-hybridized carbons (Fsp3) is 0.286. The minimum atomic E-state index is 0.162. The van der Waals surface area contributed by atoms with E-state index in [1.165, 1.54) is 5.69 Å². The number of carbonyl (C=O) groups excluding carboxylic acids is 1. The highest BCUT2D eigenvalue weighted by molar-refractivity contribution is 5.94. The molecule has 0 fully saturated rings. The van der Waals surface area contributed by atoms with Gasteiger partial charge in [-0.05, 0) is 13.0 Å². The van der Waals surface area contributed by atoms with Crippen LogP contribution in [0.5, 0.6) is 0 Å². The molecule has 0 N–H and O–H groups in total. The fourth-order valence-electron chi connectivity index (χ4n) is 0.973. The fourth-order valence-corrected chi connectivity index (χ4v) is 0.973. The van der Waals surface area contributed by atoms with Crippen molar-refractivity contribution in [3.63, 3.8) is 0 Å². The van der Waals surface area contributed by atoms with E-state index in [-0.39, 0.29) is 5.78 Å². The molecule has 46 valence electrons. The van der Waals surface area contributed by atoms with Gasteiger partial charge in [0, 0.05) is 17.5 Å². The molecule has 1 aromatic heterocycles. The second-order valence-electron chi connectivity index (χ2n) is 2.40. The molecule has 2 heteroatoms. The molecule has 2 nitrogen and oxygen atoms in total. The summed E-state index contributed by atoms with van der Waals surface area (Å²) in [5.41, 5.74) is 2.12. The summed E-state index contributed by atoms with van der Waals surface area (Å²) in [4.78, 5) is 10.7. The molecule has 9 heavy (non-hydrogen) atoms. The number of Topliss-reactive ketones (excluding diaryl/α,β-unsaturated/α-hetero) is 1. The third-order valence-electron chi connectivity index (χ3n) is 1.62. The van der Waals surface area contributed by atoms with Crippen molar-refractivity contribution in [2.24, 2.45) is 0 Å². The van der Waals surface area contributed by atoms with E-state index in [0.29, 0.717) is 0 Å². The van der Waals surface area contributed by atoms with Crippen molar-refractivity contribution < 1.29 is 4.79 Å². The standard InChI is InChI=1S/C7H7NO/c1-5(9)6-2-7-4-8(7)3-6/h2-3H,4H2,1H3. The highest BCUT2D eigenvalue weighted by Gasteiger charge is 2.18. The summed E-state index contributed by atoms with van der Waals surface area (Å²) in [6, 6.07) is 1.95.